The molecule has 0 radical (unpaired) electrons. The van der Waals surface area contributed by atoms with Crippen LogP contribution in [0.5, 0.6) is 0 Å². The van der Waals surface area contributed by atoms with Crippen LogP contribution in [0, 0.1) is 0 Å². The van der Waals surface area contributed by atoms with Crippen molar-refractivity contribution in [2.24, 2.45) is 0 Å². The number of alkyl halides is 3. The van der Waals surface area contributed by atoms with Crippen LogP contribution in [0.2, 0.25) is 5.15 Å². The molecule has 2 aromatic rings. The van der Waals surface area contributed by atoms with Crippen molar-refractivity contribution in [3.63, 3.8) is 0 Å². The molecule has 0 saturated carbocycles. The first-order chi connectivity index (χ1) is 9.79. The summed E-state index contributed by atoms with van der Waals surface area (Å²) in [6.07, 6.45) is -4.85. The minimum absolute atomic E-state index is 0.0436. The number of hydrogen-bond donors (Lipinski definition) is 1. The second-order valence-electron chi connectivity index (χ2n) is 4.26. The quantitative estimate of drug-likeness (QED) is 0.869. The van der Waals surface area contributed by atoms with Gasteiger partial charge < -0.3 is 5.11 Å². The van der Waals surface area contributed by atoms with E-state index in [1.165, 1.54) is 30.3 Å². The van der Waals surface area contributed by atoms with Gasteiger partial charge in [-0.3, -0.25) is 4.79 Å². The molecule has 3 nitrogen and oxygen atoms in total. The van der Waals surface area contributed by atoms with Crippen LogP contribution >= 0.6 is 11.6 Å². The number of hydrogen-bond acceptors (Lipinski definition) is 2. The van der Waals surface area contributed by atoms with Crippen molar-refractivity contribution in [2.45, 2.75) is 12.6 Å². The minimum Gasteiger partial charge on any atom is -0.481 e. The van der Waals surface area contributed by atoms with E-state index in [1.807, 2.05) is 0 Å². The third-order valence-electron chi connectivity index (χ3n) is 2.78. The Morgan fingerprint density at radius 3 is 2.43 bits per heavy atom. The summed E-state index contributed by atoms with van der Waals surface area (Å²) >= 11 is 5.83. The van der Waals surface area contributed by atoms with Gasteiger partial charge in [0.05, 0.1) is 17.7 Å². The second kappa shape index (κ2) is 5.73. The first-order valence-corrected chi connectivity index (χ1v) is 6.20. The maximum Gasteiger partial charge on any atom is 0.417 e. The zero-order valence-electron chi connectivity index (χ0n) is 10.5. The lowest BCUT2D eigenvalue weighted by Gasteiger charge is -2.12. The summed E-state index contributed by atoms with van der Waals surface area (Å²) in [5, 5.41) is 8.57. The normalized spacial score (nSPS) is 11.4. The van der Waals surface area contributed by atoms with E-state index in [0.29, 0.717) is 0 Å². The molecule has 21 heavy (non-hydrogen) atoms. The van der Waals surface area contributed by atoms with E-state index in [1.54, 1.807) is 0 Å². The molecule has 0 atom stereocenters. The summed E-state index contributed by atoms with van der Waals surface area (Å²) in [5.74, 6) is -1.10. The van der Waals surface area contributed by atoms with E-state index in [-0.39, 0.29) is 28.4 Å². The molecule has 1 heterocycles. The molecule has 7 heteroatoms. The van der Waals surface area contributed by atoms with E-state index in [9.17, 15) is 18.0 Å². The number of pyridine rings is 1. The lowest BCUT2D eigenvalue weighted by molar-refractivity contribution is -0.137. The average Bonchev–Trinajstić information content (AvgIpc) is 2.40. The summed E-state index contributed by atoms with van der Waals surface area (Å²) in [7, 11) is 0. The van der Waals surface area contributed by atoms with Crippen molar-refractivity contribution in [2.75, 3.05) is 0 Å². The van der Waals surface area contributed by atoms with Gasteiger partial charge in [0.15, 0.2) is 0 Å². The summed E-state index contributed by atoms with van der Waals surface area (Å²) in [6.45, 7) is 0. The number of rotatable bonds is 3. The van der Waals surface area contributed by atoms with E-state index < -0.39 is 17.7 Å². The van der Waals surface area contributed by atoms with Gasteiger partial charge in [-0.2, -0.15) is 13.2 Å². The fraction of sp³-hybridized carbons (Fsp3) is 0.143. The van der Waals surface area contributed by atoms with Gasteiger partial charge in [0, 0.05) is 11.1 Å². The Kier molecular flexibility index (Phi) is 4.18. The highest BCUT2D eigenvalue weighted by Gasteiger charge is 2.33. The van der Waals surface area contributed by atoms with E-state index in [2.05, 4.69) is 4.98 Å². The SMILES string of the molecule is O=C(O)Cc1ccc(-c2ccccc2C(F)(F)F)nc1Cl. The van der Waals surface area contributed by atoms with Gasteiger partial charge in [0.2, 0.25) is 0 Å². The fourth-order valence-electron chi connectivity index (χ4n) is 1.86. The number of carbonyl (C=O) groups is 1. The van der Waals surface area contributed by atoms with Crippen molar-refractivity contribution in [3.8, 4) is 11.3 Å². The van der Waals surface area contributed by atoms with Crippen LogP contribution in [0.15, 0.2) is 36.4 Å². The monoisotopic (exact) mass is 315 g/mol. The van der Waals surface area contributed by atoms with E-state index in [4.69, 9.17) is 16.7 Å². The molecule has 1 N–H and O–H groups in total. The third-order valence-corrected chi connectivity index (χ3v) is 3.10. The molecule has 0 saturated heterocycles. The zero-order valence-corrected chi connectivity index (χ0v) is 11.2. The van der Waals surface area contributed by atoms with Crippen molar-refractivity contribution in [3.05, 3.63) is 52.7 Å². The molecule has 0 fully saturated rings. The zero-order chi connectivity index (χ0) is 15.6. The lowest BCUT2D eigenvalue weighted by atomic mass is 10.0. The fourth-order valence-corrected chi connectivity index (χ4v) is 2.08. The number of carboxylic acids is 1. The van der Waals surface area contributed by atoms with Gasteiger partial charge in [-0.1, -0.05) is 35.9 Å². The van der Waals surface area contributed by atoms with Crippen LogP contribution in [-0.2, 0) is 17.4 Å². The largest absolute Gasteiger partial charge is 0.481 e. The number of halogens is 4. The Labute approximate surface area is 123 Å². The molecule has 1 aromatic heterocycles. The minimum atomic E-state index is -4.51. The number of nitrogens with zero attached hydrogens (tertiary/aromatic N) is 1. The lowest BCUT2D eigenvalue weighted by Crippen LogP contribution is -2.08. The topological polar surface area (TPSA) is 50.2 Å². The first-order valence-electron chi connectivity index (χ1n) is 5.83. The van der Waals surface area contributed by atoms with Crippen molar-refractivity contribution < 1.29 is 23.1 Å². The number of benzene rings is 1. The molecule has 2 rings (SSSR count). The molecule has 0 aliphatic carbocycles. The first kappa shape index (κ1) is 15.3. The van der Waals surface area contributed by atoms with Gasteiger partial charge in [0.1, 0.15) is 5.15 Å². The predicted octanol–water partition coefficient (Wildman–Crippen LogP) is 4.05. The molecule has 0 unspecified atom stereocenters. The maximum absolute atomic E-state index is 12.9. The van der Waals surface area contributed by atoms with Crippen molar-refractivity contribution in [1.29, 1.82) is 0 Å². The Hall–Kier alpha value is -2.08. The van der Waals surface area contributed by atoms with Crippen LogP contribution in [0.4, 0.5) is 13.2 Å². The van der Waals surface area contributed by atoms with Crippen LogP contribution < -0.4 is 0 Å². The molecular weight excluding hydrogens is 307 g/mol. The van der Waals surface area contributed by atoms with E-state index >= 15 is 0 Å². The molecule has 0 spiro atoms. The van der Waals surface area contributed by atoms with Crippen molar-refractivity contribution >= 4 is 17.6 Å². The van der Waals surface area contributed by atoms with Gasteiger partial charge in [0.25, 0.3) is 0 Å². The molecule has 0 amide bonds. The van der Waals surface area contributed by atoms with E-state index in [0.717, 1.165) is 6.07 Å². The van der Waals surface area contributed by atoms with Gasteiger partial charge >= 0.3 is 12.1 Å². The highest BCUT2D eigenvalue weighted by atomic mass is 35.5. The predicted molar refractivity (Wildman–Crippen MR) is 71.0 cm³/mol. The van der Waals surface area contributed by atoms with Crippen LogP contribution in [0.25, 0.3) is 11.3 Å². The molecular formula is C14H9ClF3NO2. The van der Waals surface area contributed by atoms with Crippen LogP contribution in [0.3, 0.4) is 0 Å². The van der Waals surface area contributed by atoms with Gasteiger partial charge in [-0.05, 0) is 12.1 Å². The standard InChI is InChI=1S/C14H9ClF3NO2/c15-13-8(7-12(20)21)5-6-11(19-13)9-3-1-2-4-10(9)14(16,17)18/h1-6H,7H2,(H,20,21). The summed E-state index contributed by atoms with van der Waals surface area (Å²) in [5.41, 5.74) is -0.632. The van der Waals surface area contributed by atoms with Gasteiger partial charge in [-0.25, -0.2) is 4.98 Å². The maximum atomic E-state index is 12.9. The summed E-state index contributed by atoms with van der Waals surface area (Å²) < 4.78 is 38.8. The highest BCUT2D eigenvalue weighted by Crippen LogP contribution is 2.36. The Morgan fingerprint density at radius 2 is 1.86 bits per heavy atom. The number of carboxylic acid groups (broad SMARTS) is 1. The highest BCUT2D eigenvalue weighted by molar-refractivity contribution is 6.30. The van der Waals surface area contributed by atoms with Crippen LogP contribution in [-0.4, -0.2) is 16.1 Å². The summed E-state index contributed by atoms with van der Waals surface area (Å²) in [6, 6.07) is 7.69. The Bertz CT molecular complexity index is 686. The molecule has 110 valence electrons. The number of aliphatic carboxylic acids is 1. The second-order valence-corrected chi connectivity index (χ2v) is 4.62. The Morgan fingerprint density at radius 1 is 1.19 bits per heavy atom. The molecule has 1 aromatic carbocycles. The summed E-state index contributed by atoms with van der Waals surface area (Å²) in [4.78, 5) is 14.5. The van der Waals surface area contributed by atoms with Crippen LogP contribution in [0.1, 0.15) is 11.1 Å². The van der Waals surface area contributed by atoms with Gasteiger partial charge in [-0.15, -0.1) is 0 Å². The number of aromatic nitrogens is 1. The molecule has 0 aliphatic rings. The average molecular weight is 316 g/mol. The molecule has 0 bridgehead atoms. The molecule has 0 aliphatic heterocycles. The van der Waals surface area contributed by atoms with Crippen molar-refractivity contribution in [1.82, 2.24) is 4.98 Å². The third kappa shape index (κ3) is 3.52. The smallest absolute Gasteiger partial charge is 0.417 e. The Balaban J connectivity index is 2.49.